The van der Waals surface area contributed by atoms with Gasteiger partial charge in [0.05, 0.1) is 4.75 Å². The third kappa shape index (κ3) is 3.35. The highest BCUT2D eigenvalue weighted by atomic mass is 32.2. The Balaban J connectivity index is 4.24. The van der Waals surface area contributed by atoms with E-state index in [2.05, 4.69) is 6.55 Å². The summed E-state index contributed by atoms with van der Waals surface area (Å²) < 4.78 is 29.3. The first kappa shape index (κ1) is 11.1. The van der Waals surface area contributed by atoms with Gasteiger partial charge in [-0.1, -0.05) is 12.6 Å². The van der Waals surface area contributed by atoms with Crippen LogP contribution >= 0.6 is 0 Å². The van der Waals surface area contributed by atoms with E-state index in [1.165, 1.54) is 0 Å². The van der Waals surface area contributed by atoms with Crippen LogP contribution in [0.4, 0.5) is 0 Å². The molecule has 0 aliphatic heterocycles. The molecule has 0 saturated carbocycles. The van der Waals surface area contributed by atoms with Gasteiger partial charge >= 0.3 is 0 Å². The summed E-state index contributed by atoms with van der Waals surface area (Å²) in [5, 5.41) is 0. The molecule has 0 aliphatic carbocycles. The molecule has 11 heavy (non-hydrogen) atoms. The van der Waals surface area contributed by atoms with Crippen LogP contribution in [0.2, 0.25) is 12.6 Å². The fourth-order valence-corrected chi connectivity index (χ4v) is 2.63. The van der Waals surface area contributed by atoms with Crippen molar-refractivity contribution in [2.75, 3.05) is 0 Å². The maximum atomic E-state index is 10.7. The van der Waals surface area contributed by atoms with Gasteiger partial charge in [-0.3, -0.25) is 4.55 Å². The third-order valence-electron chi connectivity index (χ3n) is 1.83. The van der Waals surface area contributed by atoms with Crippen molar-refractivity contribution in [3.8, 4) is 0 Å². The lowest BCUT2D eigenvalue weighted by atomic mass is 10.1. The minimum absolute atomic E-state index is 0.0993. The van der Waals surface area contributed by atoms with Crippen LogP contribution in [0.1, 0.15) is 20.3 Å². The minimum atomic E-state index is -3.85. The molecular weight excluding hydrogens is 180 g/mol. The lowest BCUT2D eigenvalue weighted by Gasteiger charge is -2.19. The average Bonchev–Trinajstić information content (AvgIpc) is 1.81. The van der Waals surface area contributed by atoms with Gasteiger partial charge < -0.3 is 0 Å². The summed E-state index contributed by atoms with van der Waals surface area (Å²) in [7, 11) is -3.95. The van der Waals surface area contributed by atoms with Crippen LogP contribution in [0.3, 0.4) is 0 Å². The number of rotatable bonds is 4. The predicted molar refractivity (Wildman–Crippen MR) is 49.5 cm³/mol. The van der Waals surface area contributed by atoms with Crippen molar-refractivity contribution in [2.45, 2.75) is 37.6 Å². The second-order valence-corrected chi connectivity index (χ2v) is 7.10. The van der Waals surface area contributed by atoms with E-state index < -0.39 is 14.9 Å². The molecule has 0 heterocycles. The van der Waals surface area contributed by atoms with Crippen LogP contribution in [0.5, 0.6) is 0 Å². The Morgan fingerprint density at radius 3 is 2.18 bits per heavy atom. The lowest BCUT2D eigenvalue weighted by molar-refractivity contribution is 0.437. The van der Waals surface area contributed by atoms with Crippen LogP contribution in [-0.4, -0.2) is 27.2 Å². The lowest BCUT2D eigenvalue weighted by Crippen LogP contribution is -2.31. The first-order valence-corrected chi connectivity index (χ1v) is 7.63. The van der Waals surface area contributed by atoms with E-state index in [1.807, 2.05) is 0 Å². The first-order valence-electron chi connectivity index (χ1n) is 3.78. The second-order valence-electron chi connectivity index (χ2n) is 3.34. The van der Waals surface area contributed by atoms with Crippen molar-refractivity contribution >= 4 is 19.6 Å². The van der Waals surface area contributed by atoms with Crippen LogP contribution < -0.4 is 0 Å². The van der Waals surface area contributed by atoms with E-state index in [4.69, 9.17) is 4.55 Å². The van der Waals surface area contributed by atoms with Gasteiger partial charge in [0, 0.05) is 9.52 Å². The van der Waals surface area contributed by atoms with Crippen molar-refractivity contribution < 1.29 is 13.0 Å². The quantitative estimate of drug-likeness (QED) is 0.531. The van der Waals surface area contributed by atoms with Crippen LogP contribution in [0, 0.1) is 0 Å². The number of hydrogen-bond acceptors (Lipinski definition) is 2. The summed E-state index contributed by atoms with van der Waals surface area (Å²) in [5.74, 6) is 0. The molecule has 0 aromatic rings. The number of hydrogen-bond donors (Lipinski definition) is 1. The highest BCUT2D eigenvalue weighted by Crippen LogP contribution is 2.20. The molecule has 0 saturated heterocycles. The van der Waals surface area contributed by atoms with E-state index >= 15 is 0 Å². The maximum absolute atomic E-state index is 10.7. The molecule has 0 aromatic heterocycles. The zero-order valence-electron chi connectivity index (χ0n) is 7.29. The highest BCUT2D eigenvalue weighted by molar-refractivity contribution is 7.87. The van der Waals surface area contributed by atoms with Crippen molar-refractivity contribution in [3.05, 3.63) is 0 Å². The molecule has 0 aliphatic rings. The van der Waals surface area contributed by atoms with E-state index in [0.29, 0.717) is 6.42 Å². The van der Waals surface area contributed by atoms with Crippen molar-refractivity contribution in [1.29, 1.82) is 0 Å². The van der Waals surface area contributed by atoms with Crippen LogP contribution in [0.25, 0.3) is 0 Å². The van der Waals surface area contributed by atoms with Gasteiger partial charge in [0.1, 0.15) is 0 Å². The molecule has 0 atom stereocenters. The Morgan fingerprint density at radius 1 is 1.45 bits per heavy atom. The zero-order valence-corrected chi connectivity index (χ0v) is 9.52. The Morgan fingerprint density at radius 2 is 1.91 bits per heavy atom. The van der Waals surface area contributed by atoms with Gasteiger partial charge in [0.15, 0.2) is 0 Å². The molecular formula is C6H16O3SSi. The van der Waals surface area contributed by atoms with Crippen molar-refractivity contribution in [1.82, 2.24) is 0 Å². The molecule has 3 nitrogen and oxygen atoms in total. The Labute approximate surface area is 70.8 Å². The first-order chi connectivity index (χ1) is 4.81. The van der Waals surface area contributed by atoms with E-state index in [-0.39, 0.29) is 9.52 Å². The molecule has 0 spiro atoms. The molecule has 0 fully saturated rings. The summed E-state index contributed by atoms with van der Waals surface area (Å²) in [6, 6.07) is 0.965. The molecule has 0 radical (unpaired) electrons. The minimum Gasteiger partial charge on any atom is -0.285 e. The summed E-state index contributed by atoms with van der Waals surface area (Å²) >= 11 is 0. The van der Waals surface area contributed by atoms with Gasteiger partial charge in [-0.15, -0.1) is 0 Å². The molecule has 5 heteroatoms. The molecule has 0 bridgehead atoms. The van der Waals surface area contributed by atoms with Crippen LogP contribution in [0.15, 0.2) is 0 Å². The van der Waals surface area contributed by atoms with Gasteiger partial charge in [-0.2, -0.15) is 8.42 Å². The van der Waals surface area contributed by atoms with Gasteiger partial charge in [0.25, 0.3) is 10.1 Å². The second kappa shape index (κ2) is 3.69. The van der Waals surface area contributed by atoms with Crippen molar-refractivity contribution in [3.63, 3.8) is 0 Å². The molecule has 1 N–H and O–H groups in total. The molecule has 0 amide bonds. The Kier molecular flexibility index (Phi) is 3.73. The summed E-state index contributed by atoms with van der Waals surface area (Å²) in [6.45, 7) is 5.25. The normalized spacial score (nSPS) is 14.5. The molecule has 0 rings (SSSR count). The van der Waals surface area contributed by atoms with Crippen LogP contribution in [-0.2, 0) is 10.1 Å². The summed E-state index contributed by atoms with van der Waals surface area (Å²) in [5.41, 5.74) is 0. The highest BCUT2D eigenvalue weighted by Gasteiger charge is 2.31. The fourth-order valence-electron chi connectivity index (χ4n) is 0.731. The maximum Gasteiger partial charge on any atom is 0.270 e. The third-order valence-corrected chi connectivity index (χ3v) is 4.49. The van der Waals surface area contributed by atoms with Gasteiger partial charge in [-0.25, -0.2) is 0 Å². The fraction of sp³-hybridized carbons (Fsp3) is 1.00. The summed E-state index contributed by atoms with van der Waals surface area (Å²) in [4.78, 5) is 0. The summed E-state index contributed by atoms with van der Waals surface area (Å²) in [6.07, 6.45) is 0.578. The zero-order chi connectivity index (χ0) is 9.12. The van der Waals surface area contributed by atoms with Gasteiger partial charge in [-0.05, 0) is 20.3 Å². The predicted octanol–water partition coefficient (Wildman–Crippen LogP) is 0.678. The Hall–Kier alpha value is 0.127. The van der Waals surface area contributed by atoms with Gasteiger partial charge in [0.2, 0.25) is 0 Å². The average molecular weight is 196 g/mol. The smallest absolute Gasteiger partial charge is 0.270 e. The van der Waals surface area contributed by atoms with E-state index in [1.54, 1.807) is 13.8 Å². The topological polar surface area (TPSA) is 54.4 Å². The Bertz CT molecular complexity index is 208. The largest absolute Gasteiger partial charge is 0.285 e. The van der Waals surface area contributed by atoms with E-state index in [9.17, 15) is 8.42 Å². The standard InChI is InChI=1S/C6H16O3SSi/c1-6(2,4-5-11-3)10(7,8)9/h4-5,11H2,1-3H3,(H,7,8,9). The molecule has 0 unspecified atom stereocenters. The molecule has 0 aromatic carbocycles. The molecule has 68 valence electrons. The van der Waals surface area contributed by atoms with E-state index in [0.717, 1.165) is 6.04 Å². The SMILES string of the molecule is C[SiH2]CCC(C)(C)S(=O)(=O)O. The van der Waals surface area contributed by atoms with Crippen molar-refractivity contribution in [2.24, 2.45) is 0 Å². The monoisotopic (exact) mass is 196 g/mol.